The number of benzene rings is 1. The molecule has 0 bridgehead atoms. The van der Waals surface area contributed by atoms with E-state index in [4.69, 9.17) is 4.74 Å². The van der Waals surface area contributed by atoms with Crippen LogP contribution < -0.4 is 20.3 Å². The Morgan fingerprint density at radius 3 is 2.90 bits per heavy atom. The SMILES string of the molecule is C=CCN(Cc1ccccc1)c1nc(OC)c(CNC(=O)[C@@H]2CCCN2)cc1F. The Bertz CT molecular complexity index is 838. The predicted molar refractivity (Wildman–Crippen MR) is 111 cm³/mol. The van der Waals surface area contributed by atoms with Crippen molar-refractivity contribution >= 4 is 11.7 Å². The molecule has 2 aromatic rings. The van der Waals surface area contributed by atoms with Crippen molar-refractivity contribution in [1.29, 1.82) is 0 Å². The number of hydrogen-bond donors (Lipinski definition) is 2. The number of anilines is 1. The molecule has 3 rings (SSSR count). The van der Waals surface area contributed by atoms with E-state index in [0.29, 0.717) is 24.5 Å². The number of methoxy groups -OCH3 is 1. The van der Waals surface area contributed by atoms with Gasteiger partial charge in [-0.2, -0.15) is 4.98 Å². The van der Waals surface area contributed by atoms with Crippen molar-refractivity contribution in [3.8, 4) is 5.88 Å². The van der Waals surface area contributed by atoms with E-state index in [0.717, 1.165) is 24.9 Å². The van der Waals surface area contributed by atoms with Crippen LogP contribution in [0.1, 0.15) is 24.0 Å². The first kappa shape index (κ1) is 20.8. The number of halogens is 1. The van der Waals surface area contributed by atoms with Gasteiger partial charge in [-0.1, -0.05) is 36.4 Å². The van der Waals surface area contributed by atoms with E-state index in [1.54, 1.807) is 11.0 Å². The van der Waals surface area contributed by atoms with Gasteiger partial charge in [0.25, 0.3) is 0 Å². The van der Waals surface area contributed by atoms with Crippen LogP contribution in [0.5, 0.6) is 5.88 Å². The molecule has 1 aromatic heterocycles. The Morgan fingerprint density at radius 1 is 1.45 bits per heavy atom. The molecule has 1 amide bonds. The number of aromatic nitrogens is 1. The van der Waals surface area contributed by atoms with Gasteiger partial charge in [-0.15, -0.1) is 6.58 Å². The minimum Gasteiger partial charge on any atom is -0.481 e. The minimum atomic E-state index is -0.466. The third kappa shape index (κ3) is 5.32. The number of amides is 1. The summed E-state index contributed by atoms with van der Waals surface area (Å²) >= 11 is 0. The summed E-state index contributed by atoms with van der Waals surface area (Å²) in [4.78, 5) is 18.4. The molecule has 29 heavy (non-hydrogen) atoms. The highest BCUT2D eigenvalue weighted by molar-refractivity contribution is 5.82. The molecule has 0 spiro atoms. The third-order valence-electron chi connectivity index (χ3n) is 4.89. The van der Waals surface area contributed by atoms with Crippen LogP contribution in [0.15, 0.2) is 49.1 Å². The van der Waals surface area contributed by atoms with Crippen LogP contribution in [0, 0.1) is 5.82 Å². The van der Waals surface area contributed by atoms with Crippen molar-refractivity contribution in [1.82, 2.24) is 15.6 Å². The van der Waals surface area contributed by atoms with Gasteiger partial charge in [0.05, 0.1) is 13.2 Å². The van der Waals surface area contributed by atoms with Crippen LogP contribution in [0.25, 0.3) is 0 Å². The smallest absolute Gasteiger partial charge is 0.237 e. The molecule has 1 aliphatic rings. The third-order valence-corrected chi connectivity index (χ3v) is 4.89. The quantitative estimate of drug-likeness (QED) is 0.636. The maximum absolute atomic E-state index is 14.9. The number of hydrogen-bond acceptors (Lipinski definition) is 5. The van der Waals surface area contributed by atoms with Gasteiger partial charge in [-0.3, -0.25) is 4.79 Å². The normalized spacial score (nSPS) is 15.7. The van der Waals surface area contributed by atoms with Gasteiger partial charge in [-0.25, -0.2) is 4.39 Å². The molecule has 154 valence electrons. The van der Waals surface area contributed by atoms with Crippen molar-refractivity contribution in [2.45, 2.75) is 32.0 Å². The average molecular weight is 398 g/mol. The van der Waals surface area contributed by atoms with E-state index in [2.05, 4.69) is 22.2 Å². The van der Waals surface area contributed by atoms with Gasteiger partial charge in [-0.05, 0) is 31.0 Å². The Labute approximate surface area is 170 Å². The zero-order valence-electron chi connectivity index (χ0n) is 16.7. The highest BCUT2D eigenvalue weighted by Gasteiger charge is 2.23. The molecule has 1 aliphatic heterocycles. The van der Waals surface area contributed by atoms with Gasteiger partial charge in [0.2, 0.25) is 11.8 Å². The van der Waals surface area contributed by atoms with E-state index in [-0.39, 0.29) is 24.3 Å². The van der Waals surface area contributed by atoms with Gasteiger partial charge in [0, 0.05) is 25.2 Å². The summed E-state index contributed by atoms with van der Waals surface area (Å²) in [5.41, 5.74) is 1.54. The lowest BCUT2D eigenvalue weighted by atomic mass is 10.2. The molecule has 7 heteroatoms. The lowest BCUT2D eigenvalue weighted by Crippen LogP contribution is -2.40. The van der Waals surface area contributed by atoms with Crippen LogP contribution in [0.3, 0.4) is 0 Å². The van der Waals surface area contributed by atoms with Gasteiger partial charge >= 0.3 is 0 Å². The molecule has 1 aromatic carbocycles. The van der Waals surface area contributed by atoms with E-state index < -0.39 is 5.82 Å². The largest absolute Gasteiger partial charge is 0.481 e. The van der Waals surface area contributed by atoms with Crippen molar-refractivity contribution < 1.29 is 13.9 Å². The average Bonchev–Trinajstić information content (AvgIpc) is 3.27. The van der Waals surface area contributed by atoms with Crippen molar-refractivity contribution in [2.24, 2.45) is 0 Å². The molecule has 6 nitrogen and oxygen atoms in total. The van der Waals surface area contributed by atoms with Crippen LogP contribution in [0.4, 0.5) is 10.2 Å². The maximum Gasteiger partial charge on any atom is 0.237 e. The number of carbonyl (C=O) groups excluding carboxylic acids is 1. The summed E-state index contributed by atoms with van der Waals surface area (Å²) in [7, 11) is 1.49. The summed E-state index contributed by atoms with van der Waals surface area (Å²) in [6, 6.07) is 11.0. The van der Waals surface area contributed by atoms with Crippen molar-refractivity contribution in [3.63, 3.8) is 0 Å². The molecule has 0 radical (unpaired) electrons. The molecule has 1 fully saturated rings. The Kier molecular flexibility index (Phi) is 7.19. The highest BCUT2D eigenvalue weighted by atomic mass is 19.1. The van der Waals surface area contributed by atoms with E-state index in [1.165, 1.54) is 13.2 Å². The second-order valence-electron chi connectivity index (χ2n) is 6.98. The molecular weight excluding hydrogens is 371 g/mol. The summed E-state index contributed by atoms with van der Waals surface area (Å²) < 4.78 is 20.3. The monoisotopic (exact) mass is 398 g/mol. The van der Waals surface area contributed by atoms with Crippen LogP contribution in [-0.4, -0.2) is 37.1 Å². The summed E-state index contributed by atoms with van der Waals surface area (Å²) in [5.74, 6) is -0.0698. The zero-order chi connectivity index (χ0) is 20.6. The second-order valence-corrected chi connectivity index (χ2v) is 6.98. The molecule has 0 aliphatic carbocycles. The Balaban J connectivity index is 1.78. The Morgan fingerprint density at radius 2 is 2.24 bits per heavy atom. The maximum atomic E-state index is 14.9. The lowest BCUT2D eigenvalue weighted by Gasteiger charge is -2.24. The van der Waals surface area contributed by atoms with Crippen molar-refractivity contribution in [3.05, 3.63) is 66.0 Å². The van der Waals surface area contributed by atoms with Crippen molar-refractivity contribution in [2.75, 3.05) is 25.1 Å². The highest BCUT2D eigenvalue weighted by Crippen LogP contribution is 2.26. The minimum absolute atomic E-state index is 0.0913. The Hall–Kier alpha value is -2.93. The molecule has 2 N–H and O–H groups in total. The van der Waals surface area contributed by atoms with Gasteiger partial charge < -0.3 is 20.3 Å². The molecule has 2 heterocycles. The fourth-order valence-electron chi connectivity index (χ4n) is 3.43. The fourth-order valence-corrected chi connectivity index (χ4v) is 3.43. The number of ether oxygens (including phenoxy) is 1. The first-order valence-corrected chi connectivity index (χ1v) is 9.76. The molecular formula is C22H27FN4O2. The fraction of sp³-hybridized carbons (Fsp3) is 0.364. The first-order chi connectivity index (χ1) is 14.1. The second kappa shape index (κ2) is 10.0. The topological polar surface area (TPSA) is 66.5 Å². The number of pyridine rings is 1. The molecule has 0 saturated carbocycles. The van der Waals surface area contributed by atoms with Crippen LogP contribution in [0.2, 0.25) is 0 Å². The van der Waals surface area contributed by atoms with Crippen LogP contribution in [-0.2, 0) is 17.9 Å². The molecule has 0 unspecified atom stereocenters. The standard InChI is InChI=1S/C22H27FN4O2/c1-3-12-27(15-16-8-5-4-6-9-16)20-18(23)13-17(22(26-20)29-2)14-25-21(28)19-10-7-11-24-19/h3-6,8-9,13,19,24H,1,7,10-12,14-15H2,2H3,(H,25,28)/t19-/m0/s1. The molecule has 1 saturated heterocycles. The summed E-state index contributed by atoms with van der Waals surface area (Å²) in [5, 5.41) is 5.98. The van der Waals surface area contributed by atoms with E-state index in [9.17, 15) is 9.18 Å². The lowest BCUT2D eigenvalue weighted by molar-refractivity contribution is -0.122. The van der Waals surface area contributed by atoms with E-state index >= 15 is 0 Å². The number of nitrogens with one attached hydrogen (secondary N) is 2. The first-order valence-electron chi connectivity index (χ1n) is 9.76. The number of nitrogens with zero attached hydrogens (tertiary/aromatic N) is 2. The number of rotatable bonds is 9. The summed E-state index contributed by atoms with van der Waals surface area (Å²) in [6.07, 6.45) is 3.50. The van der Waals surface area contributed by atoms with E-state index in [1.807, 2.05) is 30.3 Å². The van der Waals surface area contributed by atoms with Crippen LogP contribution >= 0.6 is 0 Å². The zero-order valence-corrected chi connectivity index (χ0v) is 16.7. The molecule has 1 atom stereocenters. The number of carbonyl (C=O) groups is 1. The van der Waals surface area contributed by atoms with Gasteiger partial charge in [0.1, 0.15) is 0 Å². The van der Waals surface area contributed by atoms with Gasteiger partial charge in [0.15, 0.2) is 11.6 Å². The predicted octanol–water partition coefficient (Wildman–Crippen LogP) is 2.79. The summed E-state index contributed by atoms with van der Waals surface area (Å²) in [6.45, 7) is 5.69.